The van der Waals surface area contributed by atoms with Gasteiger partial charge in [-0.15, -0.1) is 0 Å². The van der Waals surface area contributed by atoms with Crippen LogP contribution in [0, 0.1) is 20.8 Å². The number of methoxy groups -OCH3 is 1. The molecule has 9 nitrogen and oxygen atoms in total. The molecule has 1 aliphatic heterocycles. The molecule has 1 aromatic carbocycles. The number of nitrogens with one attached hydrogen (secondary N) is 2. The van der Waals surface area contributed by atoms with Crippen LogP contribution in [0.2, 0.25) is 0 Å². The van der Waals surface area contributed by atoms with Crippen molar-refractivity contribution in [2.24, 2.45) is 0 Å². The third kappa shape index (κ3) is 5.67. The zero-order valence-corrected chi connectivity index (χ0v) is 24.4. The lowest BCUT2D eigenvalue weighted by atomic mass is 9.87. The smallest absolute Gasteiger partial charge is 0.254 e. The lowest BCUT2D eigenvalue weighted by molar-refractivity contribution is 0.0635. The van der Waals surface area contributed by atoms with Gasteiger partial charge in [-0.3, -0.25) is 9.59 Å². The Morgan fingerprint density at radius 2 is 1.85 bits per heavy atom. The number of benzene rings is 1. The van der Waals surface area contributed by atoms with Crippen LogP contribution in [0.25, 0.3) is 11.1 Å². The average Bonchev–Trinajstić information content (AvgIpc) is 3.37. The van der Waals surface area contributed by atoms with Gasteiger partial charge in [0.2, 0.25) is 0 Å². The lowest BCUT2D eigenvalue weighted by Crippen LogP contribution is -2.40. The van der Waals surface area contributed by atoms with E-state index in [1.54, 1.807) is 7.11 Å². The Labute approximate surface area is 235 Å². The minimum atomic E-state index is -0.255. The maximum Gasteiger partial charge on any atom is 0.254 e. The first-order valence-corrected chi connectivity index (χ1v) is 14.6. The van der Waals surface area contributed by atoms with E-state index in [4.69, 9.17) is 18.9 Å². The second-order valence-electron chi connectivity index (χ2n) is 11.3. The van der Waals surface area contributed by atoms with Crippen LogP contribution in [0.4, 0.5) is 5.69 Å². The van der Waals surface area contributed by atoms with Gasteiger partial charge < -0.3 is 29.1 Å². The summed E-state index contributed by atoms with van der Waals surface area (Å²) in [5.74, 6) is 0.634. The largest absolute Gasteiger partial charge is 0.440 e. The summed E-state index contributed by atoms with van der Waals surface area (Å²) in [5.41, 5.74) is 5.61. The summed E-state index contributed by atoms with van der Waals surface area (Å²) >= 11 is 0. The first-order chi connectivity index (χ1) is 19.3. The topological polar surface area (TPSA) is 110 Å². The Morgan fingerprint density at radius 3 is 2.50 bits per heavy atom. The molecule has 2 fully saturated rings. The second-order valence-corrected chi connectivity index (χ2v) is 11.3. The monoisotopic (exact) mass is 550 g/mol. The Bertz CT molecular complexity index is 1410. The number of aryl methyl sites for hydroxylation is 2. The van der Waals surface area contributed by atoms with Gasteiger partial charge in [0.05, 0.1) is 11.7 Å². The zero-order chi connectivity index (χ0) is 28.4. The molecule has 40 heavy (non-hydrogen) atoms. The summed E-state index contributed by atoms with van der Waals surface area (Å²) in [6, 6.07) is 4.31. The van der Waals surface area contributed by atoms with Crippen molar-refractivity contribution in [1.82, 2.24) is 15.3 Å². The first-order valence-electron chi connectivity index (χ1n) is 14.6. The quantitative estimate of drug-likeness (QED) is 0.404. The van der Waals surface area contributed by atoms with E-state index in [9.17, 15) is 9.59 Å². The highest BCUT2D eigenvalue weighted by atomic mass is 16.5. The van der Waals surface area contributed by atoms with Crippen LogP contribution in [-0.2, 0) is 16.0 Å². The molecule has 2 aromatic heterocycles. The summed E-state index contributed by atoms with van der Waals surface area (Å²) in [6.45, 7) is 10.3. The van der Waals surface area contributed by atoms with E-state index >= 15 is 0 Å². The molecule has 3 heterocycles. The number of hydrogen-bond donors (Lipinski definition) is 2. The summed E-state index contributed by atoms with van der Waals surface area (Å²) in [5, 5.41) is 3.02. The van der Waals surface area contributed by atoms with Gasteiger partial charge in [-0.25, -0.2) is 4.98 Å². The molecular formula is C31H42N4O5. The van der Waals surface area contributed by atoms with E-state index < -0.39 is 0 Å². The number of nitrogens with zero attached hydrogens (tertiary/aromatic N) is 2. The van der Waals surface area contributed by atoms with Gasteiger partial charge in [0.25, 0.3) is 11.5 Å². The fourth-order valence-corrected chi connectivity index (χ4v) is 6.44. The molecule has 1 aliphatic carbocycles. The lowest BCUT2D eigenvalue weighted by Gasteiger charge is -2.36. The number of carbonyl (C=O) groups excluding carboxylic acids is 1. The van der Waals surface area contributed by atoms with Crippen molar-refractivity contribution >= 4 is 22.7 Å². The van der Waals surface area contributed by atoms with Crippen molar-refractivity contribution in [2.45, 2.75) is 90.8 Å². The van der Waals surface area contributed by atoms with Crippen LogP contribution in [0.5, 0.6) is 0 Å². The highest BCUT2D eigenvalue weighted by molar-refractivity contribution is 6.07. The highest BCUT2D eigenvalue weighted by Gasteiger charge is 2.30. The van der Waals surface area contributed by atoms with Gasteiger partial charge in [-0.2, -0.15) is 0 Å². The number of carbonyl (C=O) groups is 1. The Kier molecular flexibility index (Phi) is 8.61. The molecule has 1 amide bonds. The van der Waals surface area contributed by atoms with Crippen molar-refractivity contribution in [2.75, 3.05) is 31.8 Å². The molecule has 5 rings (SSSR count). The molecular weight excluding hydrogens is 508 g/mol. The van der Waals surface area contributed by atoms with Crippen LogP contribution in [0.1, 0.15) is 90.0 Å². The Morgan fingerprint density at radius 1 is 1.12 bits per heavy atom. The third-order valence-electron chi connectivity index (χ3n) is 8.72. The Balaban J connectivity index is 1.53. The molecule has 0 unspecified atom stereocenters. The van der Waals surface area contributed by atoms with Crippen LogP contribution in [0.3, 0.4) is 0 Å². The molecule has 216 valence electrons. The molecule has 0 radical (unpaired) electrons. The standard InChI is InChI=1S/C31H42N4O5/c1-6-35(22-11-13-39-14-12-22)25-16-26-28(34-31(40-26)21-7-9-23(38-5)10-8-21)27(20(25)4)30(37)32-17-24-18(2)15-19(3)33-29(24)36/h15-16,21-23H,6-14,17H2,1-5H3,(H,32,37)(H,33,36). The molecule has 1 saturated carbocycles. The van der Waals surface area contributed by atoms with E-state index in [1.807, 2.05) is 26.8 Å². The van der Waals surface area contributed by atoms with Gasteiger partial charge in [0.15, 0.2) is 11.5 Å². The maximum atomic E-state index is 13.9. The van der Waals surface area contributed by atoms with E-state index in [-0.39, 0.29) is 30.0 Å². The molecule has 0 atom stereocenters. The number of rotatable bonds is 8. The van der Waals surface area contributed by atoms with E-state index in [1.165, 1.54) is 0 Å². The van der Waals surface area contributed by atoms with E-state index in [0.717, 1.165) is 80.8 Å². The van der Waals surface area contributed by atoms with Crippen molar-refractivity contribution in [3.05, 3.63) is 56.3 Å². The molecule has 0 spiro atoms. The molecule has 2 N–H and O–H groups in total. The van der Waals surface area contributed by atoms with Crippen LogP contribution < -0.4 is 15.8 Å². The highest BCUT2D eigenvalue weighted by Crippen LogP contribution is 2.39. The van der Waals surface area contributed by atoms with Gasteiger partial charge in [-0.05, 0) is 83.4 Å². The van der Waals surface area contributed by atoms with Gasteiger partial charge in [0, 0.05) is 68.4 Å². The summed E-state index contributed by atoms with van der Waals surface area (Å²) in [6.07, 6.45) is 5.97. The SMILES string of the molecule is CCN(c1cc2oc(C3CCC(OC)CC3)nc2c(C(=O)NCc2c(C)cc(C)[nH]c2=O)c1C)C1CCOCC1. The number of amides is 1. The van der Waals surface area contributed by atoms with Crippen LogP contribution >= 0.6 is 0 Å². The minimum absolute atomic E-state index is 0.134. The molecule has 1 saturated heterocycles. The minimum Gasteiger partial charge on any atom is -0.440 e. The molecule has 0 bridgehead atoms. The second kappa shape index (κ2) is 12.1. The number of H-pyrrole nitrogens is 1. The van der Waals surface area contributed by atoms with Gasteiger partial charge in [-0.1, -0.05) is 0 Å². The van der Waals surface area contributed by atoms with Gasteiger partial charge in [0.1, 0.15) is 5.52 Å². The van der Waals surface area contributed by atoms with Crippen molar-refractivity contribution in [1.29, 1.82) is 0 Å². The number of ether oxygens (including phenoxy) is 2. The summed E-state index contributed by atoms with van der Waals surface area (Å²) < 4.78 is 17.6. The molecule has 2 aliphatic rings. The Hall–Kier alpha value is -3.17. The number of hydrogen-bond acceptors (Lipinski definition) is 7. The van der Waals surface area contributed by atoms with Crippen molar-refractivity contribution in [3.63, 3.8) is 0 Å². The average molecular weight is 551 g/mol. The van der Waals surface area contributed by atoms with Crippen molar-refractivity contribution < 1.29 is 18.7 Å². The third-order valence-corrected chi connectivity index (χ3v) is 8.72. The fourth-order valence-electron chi connectivity index (χ4n) is 6.44. The fraction of sp³-hybridized carbons (Fsp3) is 0.581. The summed E-state index contributed by atoms with van der Waals surface area (Å²) in [7, 11) is 1.77. The number of aromatic amines is 1. The number of pyridine rings is 1. The number of anilines is 1. The first kappa shape index (κ1) is 28.4. The van der Waals surface area contributed by atoms with Crippen LogP contribution in [0.15, 0.2) is 21.3 Å². The normalized spacial score (nSPS) is 20.1. The van der Waals surface area contributed by atoms with Crippen molar-refractivity contribution in [3.8, 4) is 0 Å². The number of oxazole rings is 1. The molecule has 9 heteroatoms. The van der Waals surface area contributed by atoms with Crippen LogP contribution in [-0.4, -0.2) is 54.9 Å². The zero-order valence-electron chi connectivity index (χ0n) is 24.4. The number of fused-ring (bicyclic) bond motifs is 1. The van der Waals surface area contributed by atoms with E-state index in [0.29, 0.717) is 34.2 Å². The molecule has 3 aromatic rings. The maximum absolute atomic E-state index is 13.9. The van der Waals surface area contributed by atoms with Gasteiger partial charge >= 0.3 is 0 Å². The van der Waals surface area contributed by atoms with E-state index in [2.05, 4.69) is 28.2 Å². The number of aromatic nitrogens is 2. The predicted octanol–water partition coefficient (Wildman–Crippen LogP) is 5.05. The predicted molar refractivity (Wildman–Crippen MR) is 155 cm³/mol. The summed E-state index contributed by atoms with van der Waals surface area (Å²) in [4.78, 5) is 36.6.